The van der Waals surface area contributed by atoms with Gasteiger partial charge in [0.1, 0.15) is 5.82 Å². The number of hydrogen-bond donors (Lipinski definition) is 1. The Labute approximate surface area is 162 Å². The van der Waals surface area contributed by atoms with Gasteiger partial charge in [0, 0.05) is 29.3 Å². The van der Waals surface area contributed by atoms with Crippen molar-refractivity contribution in [3.63, 3.8) is 0 Å². The number of nitrogens with one attached hydrogen (secondary N) is 1. The molecule has 134 valence electrons. The van der Waals surface area contributed by atoms with Gasteiger partial charge in [-0.1, -0.05) is 53.7 Å². The van der Waals surface area contributed by atoms with E-state index in [0.29, 0.717) is 0 Å². The standard InChI is InChI=1S/C20H20ClN3OS/c21-17-9-3-1-6-14(17)13-26-20-23-18-10-4-2-8-16(18)19(24-20)22-12-15-7-5-11-25-15/h1-4,6,8-10,15H,5,7,11-13H2,(H,22,23,24). The van der Waals surface area contributed by atoms with Crippen LogP contribution in [0.5, 0.6) is 0 Å². The number of hydrogen-bond acceptors (Lipinski definition) is 5. The summed E-state index contributed by atoms with van der Waals surface area (Å²) in [7, 11) is 0. The largest absolute Gasteiger partial charge is 0.376 e. The molecule has 1 aliphatic heterocycles. The predicted octanol–water partition coefficient (Wildman–Crippen LogP) is 5.17. The Hall–Kier alpha value is -1.82. The first kappa shape index (κ1) is 17.6. The molecule has 2 aromatic carbocycles. The average molecular weight is 386 g/mol. The first-order chi connectivity index (χ1) is 12.8. The van der Waals surface area contributed by atoms with Crippen molar-refractivity contribution in [3.05, 3.63) is 59.1 Å². The monoisotopic (exact) mass is 385 g/mol. The number of ether oxygens (including phenoxy) is 1. The van der Waals surface area contributed by atoms with Crippen molar-refractivity contribution in [2.75, 3.05) is 18.5 Å². The van der Waals surface area contributed by atoms with Gasteiger partial charge in [-0.15, -0.1) is 0 Å². The first-order valence-electron chi connectivity index (χ1n) is 8.78. The molecule has 0 saturated carbocycles. The Bertz CT molecular complexity index is 899. The third-order valence-corrected chi connectivity index (χ3v) is 5.68. The minimum absolute atomic E-state index is 0.267. The molecule has 0 aliphatic carbocycles. The first-order valence-corrected chi connectivity index (χ1v) is 10.1. The summed E-state index contributed by atoms with van der Waals surface area (Å²) >= 11 is 7.86. The Balaban J connectivity index is 1.55. The molecule has 3 aromatic rings. The highest BCUT2D eigenvalue weighted by Gasteiger charge is 2.16. The van der Waals surface area contributed by atoms with E-state index in [9.17, 15) is 0 Å². The molecular weight excluding hydrogens is 366 g/mol. The van der Waals surface area contributed by atoms with Gasteiger partial charge in [-0.3, -0.25) is 0 Å². The van der Waals surface area contributed by atoms with Crippen LogP contribution in [0.4, 0.5) is 5.82 Å². The van der Waals surface area contributed by atoms with Gasteiger partial charge in [-0.05, 0) is 36.6 Å². The number of anilines is 1. The number of halogens is 1. The van der Waals surface area contributed by atoms with Crippen LogP contribution < -0.4 is 5.32 Å². The van der Waals surface area contributed by atoms with Gasteiger partial charge < -0.3 is 10.1 Å². The average Bonchev–Trinajstić information content (AvgIpc) is 3.19. The van der Waals surface area contributed by atoms with Crippen LogP contribution in [0.15, 0.2) is 53.7 Å². The summed E-state index contributed by atoms with van der Waals surface area (Å²) in [6.07, 6.45) is 2.50. The molecule has 1 aromatic heterocycles. The number of thioether (sulfide) groups is 1. The van der Waals surface area contributed by atoms with Crippen molar-refractivity contribution in [1.29, 1.82) is 0 Å². The Morgan fingerprint density at radius 3 is 2.81 bits per heavy atom. The van der Waals surface area contributed by atoms with Crippen molar-refractivity contribution >= 4 is 40.1 Å². The van der Waals surface area contributed by atoms with E-state index in [1.54, 1.807) is 11.8 Å². The van der Waals surface area contributed by atoms with E-state index in [0.717, 1.165) is 64.2 Å². The summed E-state index contributed by atoms with van der Waals surface area (Å²) in [5, 5.41) is 6.02. The Morgan fingerprint density at radius 2 is 1.96 bits per heavy atom. The van der Waals surface area contributed by atoms with Crippen LogP contribution in [-0.2, 0) is 10.5 Å². The second-order valence-corrected chi connectivity index (χ2v) is 7.62. The highest BCUT2D eigenvalue weighted by molar-refractivity contribution is 7.98. The molecule has 1 unspecified atom stereocenters. The molecular formula is C20H20ClN3OS. The molecule has 0 spiro atoms. The van der Waals surface area contributed by atoms with E-state index in [2.05, 4.69) is 11.4 Å². The lowest BCUT2D eigenvalue weighted by molar-refractivity contribution is 0.120. The summed E-state index contributed by atoms with van der Waals surface area (Å²) in [4.78, 5) is 9.45. The molecule has 1 N–H and O–H groups in total. The van der Waals surface area contributed by atoms with Crippen LogP contribution in [-0.4, -0.2) is 29.2 Å². The second-order valence-electron chi connectivity index (χ2n) is 6.27. The number of benzene rings is 2. The van der Waals surface area contributed by atoms with Crippen LogP contribution in [0.1, 0.15) is 18.4 Å². The van der Waals surface area contributed by atoms with Crippen LogP contribution in [0.2, 0.25) is 5.02 Å². The number of para-hydroxylation sites is 1. The molecule has 0 bridgehead atoms. The summed E-state index contributed by atoms with van der Waals surface area (Å²) in [5.41, 5.74) is 2.03. The van der Waals surface area contributed by atoms with Crippen molar-refractivity contribution in [2.45, 2.75) is 29.9 Å². The lowest BCUT2D eigenvalue weighted by atomic mass is 10.2. The fourth-order valence-corrected chi connectivity index (χ4v) is 4.17. The maximum absolute atomic E-state index is 6.26. The third kappa shape index (κ3) is 4.11. The highest BCUT2D eigenvalue weighted by Crippen LogP contribution is 2.28. The van der Waals surface area contributed by atoms with Gasteiger partial charge in [0.15, 0.2) is 5.16 Å². The van der Waals surface area contributed by atoms with Gasteiger partial charge in [-0.2, -0.15) is 0 Å². The van der Waals surface area contributed by atoms with E-state index in [1.807, 2.05) is 42.5 Å². The minimum Gasteiger partial charge on any atom is -0.376 e. The SMILES string of the molecule is Clc1ccccc1CSc1nc(NCC2CCCO2)c2ccccc2n1. The zero-order chi connectivity index (χ0) is 17.8. The molecule has 4 nitrogen and oxygen atoms in total. The quantitative estimate of drug-likeness (QED) is 0.468. The number of rotatable bonds is 6. The summed E-state index contributed by atoms with van der Waals surface area (Å²) in [5.74, 6) is 1.61. The van der Waals surface area contributed by atoms with Crippen LogP contribution >= 0.6 is 23.4 Å². The van der Waals surface area contributed by atoms with Crippen molar-refractivity contribution in [3.8, 4) is 0 Å². The molecule has 4 rings (SSSR count). The van der Waals surface area contributed by atoms with E-state index < -0.39 is 0 Å². The lowest BCUT2D eigenvalue weighted by Gasteiger charge is -2.14. The molecule has 26 heavy (non-hydrogen) atoms. The molecule has 1 aliphatic rings. The van der Waals surface area contributed by atoms with Gasteiger partial charge in [-0.25, -0.2) is 9.97 Å². The topological polar surface area (TPSA) is 47.0 Å². The molecule has 2 heterocycles. The normalized spacial score (nSPS) is 16.9. The van der Waals surface area contributed by atoms with Gasteiger partial charge >= 0.3 is 0 Å². The van der Waals surface area contributed by atoms with E-state index in [4.69, 9.17) is 26.3 Å². The van der Waals surface area contributed by atoms with Gasteiger partial charge in [0.2, 0.25) is 0 Å². The van der Waals surface area contributed by atoms with E-state index in [1.165, 1.54) is 0 Å². The highest BCUT2D eigenvalue weighted by atomic mass is 35.5. The number of fused-ring (bicyclic) bond motifs is 1. The van der Waals surface area contributed by atoms with Gasteiger partial charge in [0.05, 0.1) is 11.6 Å². The van der Waals surface area contributed by atoms with Crippen LogP contribution in [0.3, 0.4) is 0 Å². The van der Waals surface area contributed by atoms with Crippen molar-refractivity contribution in [2.24, 2.45) is 0 Å². The Morgan fingerprint density at radius 1 is 1.12 bits per heavy atom. The summed E-state index contributed by atoms with van der Waals surface area (Å²) < 4.78 is 5.71. The minimum atomic E-state index is 0.267. The van der Waals surface area contributed by atoms with Gasteiger partial charge in [0.25, 0.3) is 0 Å². The summed E-state index contributed by atoms with van der Waals surface area (Å²) in [6, 6.07) is 16.0. The van der Waals surface area contributed by atoms with E-state index in [-0.39, 0.29) is 6.10 Å². The second kappa shape index (κ2) is 8.25. The molecule has 0 amide bonds. The maximum atomic E-state index is 6.26. The predicted molar refractivity (Wildman–Crippen MR) is 108 cm³/mol. The molecule has 6 heteroatoms. The Kier molecular flexibility index (Phi) is 5.58. The molecule has 1 saturated heterocycles. The maximum Gasteiger partial charge on any atom is 0.190 e. The third-order valence-electron chi connectivity index (χ3n) is 4.42. The molecule has 1 atom stereocenters. The van der Waals surface area contributed by atoms with Crippen molar-refractivity contribution in [1.82, 2.24) is 9.97 Å². The molecule has 0 radical (unpaired) electrons. The lowest BCUT2D eigenvalue weighted by Crippen LogP contribution is -2.19. The summed E-state index contributed by atoms with van der Waals surface area (Å²) in [6.45, 7) is 1.63. The zero-order valence-electron chi connectivity index (χ0n) is 14.3. The smallest absolute Gasteiger partial charge is 0.190 e. The van der Waals surface area contributed by atoms with E-state index >= 15 is 0 Å². The number of aromatic nitrogens is 2. The number of nitrogens with zero attached hydrogens (tertiary/aromatic N) is 2. The zero-order valence-corrected chi connectivity index (χ0v) is 15.9. The van der Waals surface area contributed by atoms with Crippen molar-refractivity contribution < 1.29 is 4.74 Å². The fraction of sp³-hybridized carbons (Fsp3) is 0.300. The van der Waals surface area contributed by atoms with Crippen LogP contribution in [0, 0.1) is 0 Å². The van der Waals surface area contributed by atoms with Crippen LogP contribution in [0.25, 0.3) is 10.9 Å². The fourth-order valence-electron chi connectivity index (χ4n) is 3.03. The molecule has 1 fully saturated rings.